The minimum Gasteiger partial charge on any atom is -0.496 e. The molecule has 1 aromatic heterocycles. The average molecular weight is 494 g/mol. The Morgan fingerprint density at radius 3 is 2.68 bits per heavy atom. The van der Waals surface area contributed by atoms with E-state index in [9.17, 15) is 14.0 Å². The van der Waals surface area contributed by atoms with Crippen LogP contribution in [0.5, 0.6) is 11.5 Å². The number of amides is 1. The summed E-state index contributed by atoms with van der Waals surface area (Å²) >= 11 is 6.75. The van der Waals surface area contributed by atoms with E-state index in [0.717, 1.165) is 0 Å². The van der Waals surface area contributed by atoms with E-state index in [-0.39, 0.29) is 52.1 Å². The quantitative estimate of drug-likeness (QED) is 0.635. The summed E-state index contributed by atoms with van der Waals surface area (Å²) in [5, 5.41) is 0.143. The van der Waals surface area contributed by atoms with Crippen LogP contribution in [-0.4, -0.2) is 65.5 Å². The van der Waals surface area contributed by atoms with Crippen molar-refractivity contribution in [3.8, 4) is 22.8 Å². The van der Waals surface area contributed by atoms with Gasteiger partial charge in [0.1, 0.15) is 34.5 Å². The molecule has 0 N–H and O–H groups in total. The number of benzene rings is 1. The van der Waals surface area contributed by atoms with E-state index in [2.05, 4.69) is 4.90 Å². The molecule has 4 rings (SSSR count). The highest BCUT2D eigenvalue weighted by molar-refractivity contribution is 6.34. The molecule has 34 heavy (non-hydrogen) atoms. The first-order valence-electron chi connectivity index (χ1n) is 11.1. The zero-order valence-electron chi connectivity index (χ0n) is 20.0. The zero-order chi connectivity index (χ0) is 24.8. The lowest BCUT2D eigenvalue weighted by Crippen LogP contribution is -2.56. The van der Waals surface area contributed by atoms with Gasteiger partial charge in [-0.25, -0.2) is 9.18 Å². The van der Waals surface area contributed by atoms with Gasteiger partial charge in [-0.15, -0.1) is 0 Å². The lowest BCUT2D eigenvalue weighted by molar-refractivity contribution is -0.00157. The topological polar surface area (TPSA) is 73.2 Å². The predicted octanol–water partition coefficient (Wildman–Crippen LogP) is 3.67. The van der Waals surface area contributed by atoms with Gasteiger partial charge in [0.2, 0.25) is 0 Å². The van der Waals surface area contributed by atoms with Crippen molar-refractivity contribution in [1.82, 2.24) is 14.4 Å². The largest absolute Gasteiger partial charge is 0.496 e. The summed E-state index contributed by atoms with van der Waals surface area (Å²) in [6, 6.07) is 4.27. The second-order valence-electron chi connectivity index (χ2n) is 9.51. The number of pyridine rings is 1. The third-order valence-electron chi connectivity index (χ3n) is 6.05. The van der Waals surface area contributed by atoms with E-state index >= 15 is 0 Å². The van der Waals surface area contributed by atoms with Crippen molar-refractivity contribution in [3.63, 3.8) is 0 Å². The maximum atomic E-state index is 14.9. The second-order valence-corrected chi connectivity index (χ2v) is 9.89. The average Bonchev–Trinajstić information content (AvgIpc) is 2.97. The van der Waals surface area contributed by atoms with Crippen LogP contribution in [0.2, 0.25) is 5.02 Å². The second kappa shape index (κ2) is 9.11. The van der Waals surface area contributed by atoms with Crippen molar-refractivity contribution in [3.05, 3.63) is 45.0 Å². The number of aromatic nitrogens is 1. The summed E-state index contributed by atoms with van der Waals surface area (Å²) in [5.41, 5.74) is -0.224. The van der Waals surface area contributed by atoms with Gasteiger partial charge in [0.15, 0.2) is 0 Å². The Bertz CT molecular complexity index is 1180. The highest BCUT2D eigenvalue weighted by atomic mass is 35.5. The first-order valence-corrected chi connectivity index (χ1v) is 11.5. The van der Waals surface area contributed by atoms with Crippen LogP contribution in [0.1, 0.15) is 26.3 Å². The molecule has 1 fully saturated rings. The molecule has 2 aromatic rings. The number of piperazine rings is 1. The molecule has 0 bridgehead atoms. The molecule has 2 aliphatic heterocycles. The van der Waals surface area contributed by atoms with Crippen LogP contribution in [0.4, 0.5) is 9.18 Å². The van der Waals surface area contributed by atoms with E-state index in [1.807, 2.05) is 20.8 Å². The number of carbonyl (C=O) groups is 1. The molecule has 2 aliphatic rings. The van der Waals surface area contributed by atoms with Gasteiger partial charge in [-0.2, -0.15) is 0 Å². The van der Waals surface area contributed by atoms with E-state index in [1.54, 1.807) is 18.0 Å². The minimum absolute atomic E-state index is 0.0964. The lowest BCUT2D eigenvalue weighted by atomic mass is 10.1. The summed E-state index contributed by atoms with van der Waals surface area (Å²) in [5.74, 6) is -0.0607. The fourth-order valence-electron chi connectivity index (χ4n) is 4.39. The first kappa shape index (κ1) is 24.3. The minimum atomic E-state index is -0.589. The third-order valence-corrected chi connectivity index (χ3v) is 6.40. The van der Waals surface area contributed by atoms with Crippen molar-refractivity contribution >= 4 is 17.7 Å². The highest BCUT2D eigenvalue weighted by Gasteiger charge is 2.37. The Labute approximate surface area is 202 Å². The monoisotopic (exact) mass is 493 g/mol. The maximum Gasteiger partial charge on any atom is 0.410 e. The Kier molecular flexibility index (Phi) is 6.52. The van der Waals surface area contributed by atoms with E-state index in [1.165, 1.54) is 23.8 Å². The Balaban J connectivity index is 1.69. The van der Waals surface area contributed by atoms with Gasteiger partial charge >= 0.3 is 6.09 Å². The summed E-state index contributed by atoms with van der Waals surface area (Å²) in [4.78, 5) is 29.7. The number of ether oxygens (including phenoxy) is 3. The number of methoxy groups -OCH3 is 1. The number of carbonyl (C=O) groups excluding carboxylic acids is 1. The normalized spacial score (nSPS) is 18.4. The smallest absolute Gasteiger partial charge is 0.410 e. The number of rotatable bonds is 2. The Hall–Kier alpha value is -2.78. The van der Waals surface area contributed by atoms with Gasteiger partial charge in [0.05, 0.1) is 30.0 Å². The summed E-state index contributed by atoms with van der Waals surface area (Å²) in [6.07, 6.45) is -0.378. The molecule has 3 heterocycles. The molecular formula is C24H29ClFN3O5. The van der Waals surface area contributed by atoms with E-state index in [4.69, 9.17) is 25.8 Å². The van der Waals surface area contributed by atoms with Crippen LogP contribution in [0.25, 0.3) is 11.3 Å². The summed E-state index contributed by atoms with van der Waals surface area (Å²) in [7, 11) is 2.98. The number of hydrogen-bond acceptors (Lipinski definition) is 6. The van der Waals surface area contributed by atoms with Crippen LogP contribution in [0.3, 0.4) is 0 Å². The van der Waals surface area contributed by atoms with Crippen LogP contribution < -0.4 is 15.0 Å². The molecule has 184 valence electrons. The molecule has 1 atom stereocenters. The fourth-order valence-corrected chi connectivity index (χ4v) is 4.78. The van der Waals surface area contributed by atoms with Gasteiger partial charge < -0.3 is 23.7 Å². The number of hydrogen-bond donors (Lipinski definition) is 0. The molecule has 0 aliphatic carbocycles. The Morgan fingerprint density at radius 1 is 1.26 bits per heavy atom. The van der Waals surface area contributed by atoms with Crippen molar-refractivity contribution in [1.29, 1.82) is 0 Å². The van der Waals surface area contributed by atoms with Gasteiger partial charge in [0, 0.05) is 33.2 Å². The number of nitrogens with zero attached hydrogens (tertiary/aromatic N) is 3. The van der Waals surface area contributed by atoms with Crippen LogP contribution in [-0.2, 0) is 18.3 Å². The van der Waals surface area contributed by atoms with Crippen LogP contribution in [0, 0.1) is 5.82 Å². The van der Waals surface area contributed by atoms with Crippen molar-refractivity contribution in [2.75, 3.05) is 33.4 Å². The van der Waals surface area contributed by atoms with Crippen LogP contribution >= 0.6 is 11.6 Å². The molecule has 0 unspecified atom stereocenters. The zero-order valence-corrected chi connectivity index (χ0v) is 20.7. The number of fused-ring (bicyclic) bond motifs is 2. The first-order chi connectivity index (χ1) is 16.0. The van der Waals surface area contributed by atoms with E-state index in [0.29, 0.717) is 31.7 Å². The van der Waals surface area contributed by atoms with Gasteiger partial charge in [-0.1, -0.05) is 17.7 Å². The third kappa shape index (κ3) is 4.46. The van der Waals surface area contributed by atoms with E-state index < -0.39 is 11.4 Å². The molecule has 1 amide bonds. The van der Waals surface area contributed by atoms with Crippen molar-refractivity contribution in [2.24, 2.45) is 7.05 Å². The predicted molar refractivity (Wildman–Crippen MR) is 126 cm³/mol. The number of halogens is 2. The van der Waals surface area contributed by atoms with Gasteiger partial charge in [-0.3, -0.25) is 9.69 Å². The summed E-state index contributed by atoms with van der Waals surface area (Å²) in [6.45, 7) is 7.42. The van der Waals surface area contributed by atoms with Crippen molar-refractivity contribution < 1.29 is 23.4 Å². The molecule has 10 heteroatoms. The van der Waals surface area contributed by atoms with Gasteiger partial charge in [0.25, 0.3) is 5.56 Å². The SMILES string of the molecule is COc1cccc(F)c1-c1c(Cl)c2c(c(=O)n1C)CN1CCN(C(=O)OC(C)(C)C)C[C@@H]1CO2. The summed E-state index contributed by atoms with van der Waals surface area (Å²) < 4.78 is 33.1. The molecule has 1 saturated heterocycles. The molecule has 1 aromatic carbocycles. The molecule has 0 radical (unpaired) electrons. The van der Waals surface area contributed by atoms with Gasteiger partial charge in [-0.05, 0) is 32.9 Å². The van der Waals surface area contributed by atoms with Crippen LogP contribution in [0.15, 0.2) is 23.0 Å². The molecule has 0 saturated carbocycles. The molecule has 0 spiro atoms. The molecule has 8 nitrogen and oxygen atoms in total. The maximum absolute atomic E-state index is 14.9. The fraction of sp³-hybridized carbons (Fsp3) is 0.500. The lowest BCUT2D eigenvalue weighted by Gasteiger charge is -2.40. The standard InChI is InChI=1S/C24H29ClFN3O5/c1-24(2,3)34-23(31)29-10-9-28-12-15-21(33-13-14(28)11-29)19(25)20(27(4)22(15)30)18-16(26)7-6-8-17(18)32-5/h6-8,14H,9-13H2,1-5H3/t14-/m1/s1. The highest BCUT2D eigenvalue weighted by Crippen LogP contribution is 2.42. The Morgan fingerprint density at radius 2 is 2.00 bits per heavy atom. The van der Waals surface area contributed by atoms with Crippen molar-refractivity contribution in [2.45, 2.75) is 39.0 Å². The molecular weight excluding hydrogens is 465 g/mol.